The summed E-state index contributed by atoms with van der Waals surface area (Å²) in [5.74, 6) is 0.559. The van der Waals surface area contributed by atoms with Crippen LogP contribution < -0.4 is 10.1 Å². The van der Waals surface area contributed by atoms with Gasteiger partial charge in [0, 0.05) is 12.1 Å². The van der Waals surface area contributed by atoms with Crippen LogP contribution in [0.15, 0.2) is 18.2 Å². The average molecular weight is 252 g/mol. The Bertz CT molecular complexity index is 424. The summed E-state index contributed by atoms with van der Waals surface area (Å²) in [5, 5.41) is 3.41. The first-order valence-electron chi connectivity index (χ1n) is 6.28. The van der Waals surface area contributed by atoms with Crippen molar-refractivity contribution in [2.75, 3.05) is 34.3 Å². The number of likely N-dealkylation sites (tertiary alicyclic amines) is 1. The maximum Gasteiger partial charge on any atom is 0.123 e. The number of nitrogens with one attached hydrogen (secondary N) is 1. The second-order valence-electron chi connectivity index (χ2n) is 5.15. The van der Waals surface area contributed by atoms with Gasteiger partial charge in [-0.1, -0.05) is 0 Å². The largest absolute Gasteiger partial charge is 0.496 e. The van der Waals surface area contributed by atoms with Gasteiger partial charge < -0.3 is 15.0 Å². The van der Waals surface area contributed by atoms with Gasteiger partial charge in [0.25, 0.3) is 0 Å². The van der Waals surface area contributed by atoms with Crippen molar-refractivity contribution in [3.63, 3.8) is 0 Å². The molecule has 0 aromatic heterocycles. The van der Waals surface area contributed by atoms with E-state index in [9.17, 15) is 4.39 Å². The van der Waals surface area contributed by atoms with Crippen LogP contribution in [0, 0.1) is 5.82 Å². The van der Waals surface area contributed by atoms with Gasteiger partial charge in [0.05, 0.1) is 7.11 Å². The van der Waals surface area contributed by atoms with Crippen LogP contribution in [-0.2, 0) is 6.42 Å². The normalized spacial score (nSPS) is 24.4. The van der Waals surface area contributed by atoms with Crippen molar-refractivity contribution in [2.24, 2.45) is 0 Å². The van der Waals surface area contributed by atoms with Crippen LogP contribution in [0.1, 0.15) is 12.0 Å². The molecule has 1 N–H and O–H groups in total. The molecule has 3 nitrogen and oxygen atoms in total. The predicted octanol–water partition coefficient (Wildman–Crippen LogP) is 1.67. The number of nitrogens with zero attached hydrogens (tertiary/aromatic N) is 1. The zero-order chi connectivity index (χ0) is 13.2. The van der Waals surface area contributed by atoms with E-state index >= 15 is 0 Å². The van der Waals surface area contributed by atoms with E-state index in [4.69, 9.17) is 4.74 Å². The molecule has 1 aliphatic rings. The lowest BCUT2D eigenvalue weighted by molar-refractivity contribution is 0.320. The molecule has 0 radical (unpaired) electrons. The van der Waals surface area contributed by atoms with Gasteiger partial charge in [-0.05, 0) is 57.2 Å². The van der Waals surface area contributed by atoms with E-state index in [0.717, 1.165) is 37.2 Å². The first-order valence-corrected chi connectivity index (χ1v) is 6.28. The van der Waals surface area contributed by atoms with E-state index in [0.29, 0.717) is 0 Å². The van der Waals surface area contributed by atoms with E-state index in [1.54, 1.807) is 19.2 Å². The molecule has 2 rings (SSSR count). The molecule has 1 atom stereocenters. The monoisotopic (exact) mass is 252 g/mol. The zero-order valence-corrected chi connectivity index (χ0v) is 11.3. The lowest BCUT2D eigenvalue weighted by atomic mass is 9.89. The molecule has 100 valence electrons. The number of methoxy groups -OCH3 is 1. The van der Waals surface area contributed by atoms with E-state index in [1.165, 1.54) is 6.07 Å². The topological polar surface area (TPSA) is 24.5 Å². The molecule has 0 bridgehead atoms. The molecule has 0 aliphatic carbocycles. The van der Waals surface area contributed by atoms with Crippen LogP contribution in [0.5, 0.6) is 5.75 Å². The quantitative estimate of drug-likeness (QED) is 0.882. The summed E-state index contributed by atoms with van der Waals surface area (Å²) < 4.78 is 18.7. The van der Waals surface area contributed by atoms with Crippen LogP contribution in [0.4, 0.5) is 4.39 Å². The number of hydrogen-bond acceptors (Lipinski definition) is 3. The molecule has 1 unspecified atom stereocenters. The highest BCUT2D eigenvalue weighted by atomic mass is 19.1. The molecule has 4 heteroatoms. The molecular weight excluding hydrogens is 231 g/mol. The van der Waals surface area contributed by atoms with E-state index in [1.807, 2.05) is 7.05 Å². The van der Waals surface area contributed by atoms with E-state index in [-0.39, 0.29) is 11.4 Å². The summed E-state index contributed by atoms with van der Waals surface area (Å²) in [5.41, 5.74) is 0.956. The third-order valence-corrected chi connectivity index (χ3v) is 3.85. The predicted molar refractivity (Wildman–Crippen MR) is 70.6 cm³/mol. The molecule has 1 aromatic rings. The van der Waals surface area contributed by atoms with Crippen LogP contribution in [0.3, 0.4) is 0 Å². The summed E-state index contributed by atoms with van der Waals surface area (Å²) in [6.07, 6.45) is 1.86. The number of hydrogen-bond donors (Lipinski definition) is 1. The first-order chi connectivity index (χ1) is 8.58. The maximum absolute atomic E-state index is 13.4. The van der Waals surface area contributed by atoms with E-state index < -0.39 is 0 Å². The maximum atomic E-state index is 13.4. The highest BCUT2D eigenvalue weighted by Crippen LogP contribution is 2.29. The molecule has 1 heterocycles. The van der Waals surface area contributed by atoms with Gasteiger partial charge in [-0.25, -0.2) is 4.39 Å². The molecule has 1 aliphatic heterocycles. The Morgan fingerprint density at radius 3 is 2.83 bits per heavy atom. The lowest BCUT2D eigenvalue weighted by Gasteiger charge is -2.29. The Labute approximate surface area is 108 Å². The van der Waals surface area contributed by atoms with Crippen molar-refractivity contribution >= 4 is 0 Å². The van der Waals surface area contributed by atoms with E-state index in [2.05, 4.69) is 17.3 Å². The summed E-state index contributed by atoms with van der Waals surface area (Å²) >= 11 is 0. The lowest BCUT2D eigenvalue weighted by Crippen LogP contribution is -2.47. The minimum atomic E-state index is -0.205. The third-order valence-electron chi connectivity index (χ3n) is 3.85. The Balaban J connectivity index is 2.24. The van der Waals surface area contributed by atoms with Crippen LogP contribution >= 0.6 is 0 Å². The Kier molecular flexibility index (Phi) is 3.88. The summed E-state index contributed by atoms with van der Waals surface area (Å²) in [7, 11) is 5.72. The first kappa shape index (κ1) is 13.3. The number of benzene rings is 1. The van der Waals surface area contributed by atoms with Gasteiger partial charge in [0.1, 0.15) is 11.6 Å². The molecule has 0 amide bonds. The average Bonchev–Trinajstić information content (AvgIpc) is 2.72. The van der Waals surface area contributed by atoms with Gasteiger partial charge >= 0.3 is 0 Å². The number of rotatable bonds is 4. The Morgan fingerprint density at radius 2 is 2.28 bits per heavy atom. The van der Waals surface area contributed by atoms with Crippen LogP contribution in [0.2, 0.25) is 0 Å². The fourth-order valence-electron chi connectivity index (χ4n) is 2.77. The minimum Gasteiger partial charge on any atom is -0.496 e. The zero-order valence-electron chi connectivity index (χ0n) is 11.3. The molecular formula is C14H21FN2O. The molecule has 0 spiro atoms. The van der Waals surface area contributed by atoms with Crippen LogP contribution in [0.25, 0.3) is 0 Å². The summed E-state index contributed by atoms with van der Waals surface area (Å²) in [4.78, 5) is 2.29. The van der Waals surface area contributed by atoms with Gasteiger partial charge in [-0.2, -0.15) is 0 Å². The van der Waals surface area contributed by atoms with Gasteiger partial charge in [0.2, 0.25) is 0 Å². The molecule has 0 saturated carbocycles. The standard InChI is InChI=1S/C14H21FN2O/c1-16-14(6-7-17(2)10-14)9-11-8-12(15)4-5-13(11)18-3/h4-5,8,16H,6-7,9-10H2,1-3H3. The minimum absolute atomic E-state index is 0.0236. The summed E-state index contributed by atoms with van der Waals surface area (Å²) in [6, 6.07) is 4.72. The number of ether oxygens (including phenoxy) is 1. The SMILES string of the molecule is CNC1(Cc2cc(F)ccc2OC)CCN(C)C1. The van der Waals surface area contributed by atoms with Crippen molar-refractivity contribution in [1.82, 2.24) is 10.2 Å². The molecule has 1 fully saturated rings. The number of likely N-dealkylation sites (N-methyl/N-ethyl adjacent to an activating group) is 2. The van der Waals surface area contributed by atoms with Crippen LogP contribution in [-0.4, -0.2) is 44.7 Å². The van der Waals surface area contributed by atoms with Crippen molar-refractivity contribution in [3.8, 4) is 5.75 Å². The van der Waals surface area contributed by atoms with Gasteiger partial charge in [0.15, 0.2) is 0 Å². The highest BCUT2D eigenvalue weighted by Gasteiger charge is 2.35. The summed E-state index contributed by atoms with van der Waals surface area (Å²) in [6.45, 7) is 2.04. The fourth-order valence-corrected chi connectivity index (χ4v) is 2.77. The highest BCUT2D eigenvalue weighted by molar-refractivity contribution is 5.35. The smallest absolute Gasteiger partial charge is 0.123 e. The van der Waals surface area contributed by atoms with Gasteiger partial charge in [-0.3, -0.25) is 0 Å². The molecule has 18 heavy (non-hydrogen) atoms. The van der Waals surface area contributed by atoms with Crippen molar-refractivity contribution < 1.29 is 9.13 Å². The second-order valence-corrected chi connectivity index (χ2v) is 5.15. The number of halogens is 1. The van der Waals surface area contributed by atoms with Crippen molar-refractivity contribution in [2.45, 2.75) is 18.4 Å². The Hall–Kier alpha value is -1.13. The van der Waals surface area contributed by atoms with Crippen molar-refractivity contribution in [1.29, 1.82) is 0 Å². The van der Waals surface area contributed by atoms with Gasteiger partial charge in [-0.15, -0.1) is 0 Å². The Morgan fingerprint density at radius 1 is 1.50 bits per heavy atom. The molecule has 1 aromatic carbocycles. The fraction of sp³-hybridized carbons (Fsp3) is 0.571. The third kappa shape index (κ3) is 2.65. The second kappa shape index (κ2) is 5.24. The molecule has 1 saturated heterocycles. The van der Waals surface area contributed by atoms with Crippen molar-refractivity contribution in [3.05, 3.63) is 29.6 Å².